The van der Waals surface area contributed by atoms with Gasteiger partial charge < -0.3 is 0 Å². The Hall–Kier alpha value is -0.240. The van der Waals surface area contributed by atoms with Crippen LogP contribution in [0.5, 0.6) is 0 Å². The lowest BCUT2D eigenvalue weighted by atomic mass is 10.2. The first-order chi connectivity index (χ1) is 18.6. The topological polar surface area (TPSA) is 135 Å². The van der Waals surface area contributed by atoms with E-state index in [0.717, 1.165) is 36.0 Å². The average molecular weight is 671 g/mol. The van der Waals surface area contributed by atoms with Crippen LogP contribution in [0.1, 0.15) is 120 Å². The van der Waals surface area contributed by atoms with E-state index in [1.807, 2.05) is 0 Å². The van der Waals surface area contributed by atoms with Crippen molar-refractivity contribution in [1.82, 2.24) is 9.97 Å². The highest BCUT2D eigenvalue weighted by Gasteiger charge is 2.60. The second-order valence-corrected chi connectivity index (χ2v) is 29.7. The van der Waals surface area contributed by atoms with Crippen LogP contribution in [0.3, 0.4) is 0 Å². The van der Waals surface area contributed by atoms with E-state index in [1.54, 1.807) is 12.4 Å². The molecule has 0 saturated heterocycles. The minimum atomic E-state index is -4.00. The van der Waals surface area contributed by atoms with Crippen molar-refractivity contribution in [3.63, 3.8) is 0 Å². The molecule has 1 aromatic rings. The Morgan fingerprint density at radius 1 is 0.548 bits per heavy atom. The number of hydrogen-bond donors (Lipinski definition) is 2. The van der Waals surface area contributed by atoms with E-state index < -0.39 is 34.8 Å². The van der Waals surface area contributed by atoms with Gasteiger partial charge in [-0.3, -0.25) is 19.1 Å². The van der Waals surface area contributed by atoms with Crippen LogP contribution >= 0.6 is 14.5 Å². The summed E-state index contributed by atoms with van der Waals surface area (Å²) in [7, 11) is -11.7. The van der Waals surface area contributed by atoms with Crippen LogP contribution in [0.15, 0.2) is 12.4 Å². The zero-order chi connectivity index (χ0) is 33.1. The molecule has 1 rings (SSSR count). The lowest BCUT2D eigenvalue weighted by Crippen LogP contribution is -2.38. The molecule has 2 N–H and O–H groups in total. The zero-order valence-corrected chi connectivity index (χ0v) is 31.8. The van der Waals surface area contributed by atoms with Gasteiger partial charge in [0.05, 0.1) is 44.5 Å². The summed E-state index contributed by atoms with van der Waals surface area (Å²) in [4.78, 5) is 9.94. The van der Waals surface area contributed by atoms with Crippen molar-refractivity contribution < 1.29 is 25.9 Å². The van der Waals surface area contributed by atoms with Gasteiger partial charge in [0, 0.05) is 26.9 Å². The highest BCUT2D eigenvalue weighted by atomic mass is 32.2. The maximum Gasteiger partial charge on any atom is 0.264 e. The van der Waals surface area contributed by atoms with Crippen LogP contribution in [0.2, 0.25) is 0 Å². The number of rotatable bonds is 14. The monoisotopic (exact) mass is 670 g/mol. The van der Waals surface area contributed by atoms with E-state index in [9.17, 15) is 25.9 Å². The van der Waals surface area contributed by atoms with Crippen molar-refractivity contribution in [3.8, 4) is 0 Å². The normalized spacial score (nSPS) is 14.8. The summed E-state index contributed by atoms with van der Waals surface area (Å²) >= 11 is 0. The molecule has 1 heterocycles. The van der Waals surface area contributed by atoms with E-state index in [2.05, 4.69) is 83.1 Å². The quantitative estimate of drug-likeness (QED) is 0.115. The molecule has 246 valence electrons. The highest BCUT2D eigenvalue weighted by molar-refractivity contribution is 7.86. The van der Waals surface area contributed by atoms with Crippen molar-refractivity contribution in [2.45, 2.75) is 142 Å². The molecular formula is C30H60N2O6P2S2+2. The number of aromatic nitrogens is 2. The molecule has 0 spiro atoms. The second kappa shape index (κ2) is 14.0. The Morgan fingerprint density at radius 2 is 0.810 bits per heavy atom. The van der Waals surface area contributed by atoms with Gasteiger partial charge in [-0.2, -0.15) is 16.8 Å². The first-order valence-corrected chi connectivity index (χ1v) is 22.6. The summed E-state index contributed by atoms with van der Waals surface area (Å²) in [6, 6.07) is 0. The molecular weight excluding hydrogens is 610 g/mol. The Bertz CT molecular complexity index is 1120. The predicted molar refractivity (Wildman–Crippen MR) is 183 cm³/mol. The first kappa shape index (κ1) is 39.8. The summed E-state index contributed by atoms with van der Waals surface area (Å²) in [5, 5.41) is -0.134. The lowest BCUT2D eigenvalue weighted by Gasteiger charge is -2.48. The molecule has 0 amide bonds. The van der Waals surface area contributed by atoms with Crippen LogP contribution in [0.25, 0.3) is 0 Å². The third-order valence-corrected chi connectivity index (χ3v) is 24.9. The maximum atomic E-state index is 11.4. The van der Waals surface area contributed by atoms with Crippen LogP contribution in [-0.4, -0.2) is 80.4 Å². The van der Waals surface area contributed by atoms with Crippen LogP contribution in [-0.2, 0) is 32.6 Å². The van der Waals surface area contributed by atoms with Gasteiger partial charge in [-0.25, -0.2) is 0 Å². The number of nitrogens with zero attached hydrogens (tertiary/aromatic N) is 2. The fourth-order valence-corrected chi connectivity index (χ4v) is 20.1. The van der Waals surface area contributed by atoms with Crippen molar-refractivity contribution in [3.05, 3.63) is 23.8 Å². The Kier molecular flexibility index (Phi) is 13.3. The fourth-order valence-electron chi connectivity index (χ4n) is 6.96. The molecule has 0 aliphatic heterocycles. The fraction of sp³-hybridized carbons (Fsp3) is 0.867. The van der Waals surface area contributed by atoms with Crippen molar-refractivity contribution in [1.29, 1.82) is 0 Å². The Labute approximate surface area is 259 Å². The Morgan fingerprint density at radius 3 is 1.02 bits per heavy atom. The molecule has 0 aliphatic carbocycles. The minimum absolute atomic E-state index is 0.0335. The molecule has 0 saturated carbocycles. The number of unbranched alkanes of at least 4 members (excludes halogenated alkanes) is 2. The van der Waals surface area contributed by atoms with Gasteiger partial charge in [0.1, 0.15) is 23.7 Å². The van der Waals surface area contributed by atoms with Gasteiger partial charge in [0.15, 0.2) is 0 Å². The van der Waals surface area contributed by atoms with Crippen LogP contribution in [0.4, 0.5) is 0 Å². The summed E-state index contributed by atoms with van der Waals surface area (Å²) in [6.45, 7) is 27.5. The largest absolute Gasteiger partial charge is 0.286 e. The summed E-state index contributed by atoms with van der Waals surface area (Å²) in [5.41, 5.74) is 2.03. The van der Waals surface area contributed by atoms with Gasteiger partial charge in [0.25, 0.3) is 20.2 Å². The van der Waals surface area contributed by atoms with Gasteiger partial charge in [-0.1, -0.05) is 0 Å². The zero-order valence-electron chi connectivity index (χ0n) is 28.4. The summed E-state index contributed by atoms with van der Waals surface area (Å²) in [5.74, 6) is -0.446. The average Bonchev–Trinajstić information content (AvgIpc) is 2.74. The van der Waals surface area contributed by atoms with Crippen LogP contribution in [0, 0.1) is 0 Å². The van der Waals surface area contributed by atoms with Gasteiger partial charge in [-0.05, 0) is 109 Å². The molecule has 0 atom stereocenters. The van der Waals surface area contributed by atoms with Crippen molar-refractivity contribution in [2.75, 3.05) is 23.8 Å². The maximum absolute atomic E-state index is 11.4. The van der Waals surface area contributed by atoms with Gasteiger partial charge in [-0.15, -0.1) is 0 Å². The van der Waals surface area contributed by atoms with E-state index in [-0.39, 0.29) is 32.1 Å². The molecule has 1 aromatic heterocycles. The second-order valence-electron chi connectivity index (χ2n) is 15.8. The number of hydrogen-bond acceptors (Lipinski definition) is 6. The molecule has 8 nitrogen and oxygen atoms in total. The standard InChI is InChI=1S/C30H58N2O6P2S2/c1-27(2,3)39(28(4,5)6,19-13-15-21-41(33,34)35)23-25-26(32-18-17-31-25)24-40(29(7,8)9,30(10,11)12)20-14-16-22-42(36,37)38/h17-18H,13-16,19-24H2,1-12H3/p+2. The molecule has 0 aromatic carbocycles. The lowest BCUT2D eigenvalue weighted by molar-refractivity contribution is 0.478. The van der Waals surface area contributed by atoms with Gasteiger partial charge >= 0.3 is 0 Å². The van der Waals surface area contributed by atoms with Gasteiger partial charge in [0.2, 0.25) is 0 Å². The third kappa shape index (κ3) is 10.7. The molecule has 0 radical (unpaired) electrons. The van der Waals surface area contributed by atoms with E-state index in [0.29, 0.717) is 25.7 Å². The first-order valence-electron chi connectivity index (χ1n) is 15.0. The van der Waals surface area contributed by atoms with Crippen LogP contribution < -0.4 is 0 Å². The molecule has 12 heteroatoms. The van der Waals surface area contributed by atoms with E-state index >= 15 is 0 Å². The van der Waals surface area contributed by atoms with Crippen molar-refractivity contribution >= 4 is 34.8 Å². The predicted octanol–water partition coefficient (Wildman–Crippen LogP) is 8.04. The van der Waals surface area contributed by atoms with Crippen molar-refractivity contribution in [2.24, 2.45) is 0 Å². The molecule has 42 heavy (non-hydrogen) atoms. The molecule has 0 fully saturated rings. The van der Waals surface area contributed by atoms with E-state index in [1.165, 1.54) is 0 Å². The highest BCUT2D eigenvalue weighted by Crippen LogP contribution is 2.80. The Balaban J connectivity index is 3.66. The smallest absolute Gasteiger partial charge is 0.264 e. The third-order valence-electron chi connectivity index (χ3n) is 9.22. The molecule has 0 aliphatic rings. The molecule has 0 bridgehead atoms. The summed E-state index contributed by atoms with van der Waals surface area (Å²) < 4.78 is 64.4. The SMILES string of the molecule is CC(C)(C)[P+](CCCCS(=O)(=O)O)(Cc1nccnc1C[P+](CCCCS(=O)(=O)O)(C(C)(C)C)C(C)(C)C)C(C)(C)C. The molecule has 0 unspecified atom stereocenters. The summed E-state index contributed by atoms with van der Waals surface area (Å²) in [6.07, 6.45) is 9.20. The van der Waals surface area contributed by atoms with E-state index in [4.69, 9.17) is 9.97 Å². The minimum Gasteiger partial charge on any atom is -0.286 e.